The Hall–Kier alpha value is -4.19. The van der Waals surface area contributed by atoms with Gasteiger partial charge in [-0.15, -0.1) is 0 Å². The molecule has 1 aliphatic rings. The average molecular weight is 450 g/mol. The Morgan fingerprint density at radius 1 is 0.969 bits per heavy atom. The van der Waals surface area contributed by atoms with Crippen LogP contribution in [0.4, 0.5) is 17.3 Å². The van der Waals surface area contributed by atoms with Gasteiger partial charge in [0.15, 0.2) is 11.0 Å². The van der Waals surface area contributed by atoms with Crippen LogP contribution in [0.2, 0.25) is 0 Å². The van der Waals surface area contributed by atoms with E-state index in [4.69, 9.17) is 5.41 Å². The van der Waals surface area contributed by atoms with Gasteiger partial charge in [0, 0.05) is 42.2 Å². The molecule has 4 rings (SSSR count). The number of rotatable bonds is 6. The fourth-order valence-corrected chi connectivity index (χ4v) is 4.61. The summed E-state index contributed by atoms with van der Waals surface area (Å²) in [6.07, 6.45) is 2.97. The largest absolute Gasteiger partial charge is 0.293 e. The van der Waals surface area contributed by atoms with Gasteiger partial charge >= 0.3 is 0 Å². The number of nitro benzene ring substituents is 2. The summed E-state index contributed by atoms with van der Waals surface area (Å²) in [7, 11) is 0. The van der Waals surface area contributed by atoms with Crippen LogP contribution in [0.5, 0.6) is 0 Å². The molecule has 1 saturated heterocycles. The Morgan fingerprint density at radius 3 is 2.25 bits per heavy atom. The number of aromatic nitrogens is 2. The van der Waals surface area contributed by atoms with Crippen LogP contribution >= 0.6 is 11.8 Å². The minimum Gasteiger partial charge on any atom is -0.293 e. The molecule has 0 saturated carbocycles. The molecule has 2 heterocycles. The number of hydrogen-bond donors (Lipinski definition) is 1. The summed E-state index contributed by atoms with van der Waals surface area (Å²) in [5, 5.41) is 30.0. The van der Waals surface area contributed by atoms with E-state index in [1.807, 2.05) is 0 Å². The third-order valence-electron chi connectivity index (χ3n) is 4.81. The van der Waals surface area contributed by atoms with E-state index in [1.54, 1.807) is 12.1 Å². The lowest BCUT2D eigenvalue weighted by Crippen LogP contribution is -2.34. The van der Waals surface area contributed by atoms with Gasteiger partial charge in [0.1, 0.15) is 5.25 Å². The van der Waals surface area contributed by atoms with Crippen molar-refractivity contribution in [2.45, 2.75) is 11.3 Å². The SMILES string of the molecule is N=C1SC(C(=O)c2cccc([N+](=O)[O-])c2)C(c2cccc([N+](=O)[O-])c2)N1c1ncccn1. The monoisotopic (exact) mass is 450 g/mol. The molecule has 0 radical (unpaired) electrons. The molecule has 3 aromatic rings. The molecule has 2 unspecified atom stereocenters. The number of ketones is 1. The van der Waals surface area contributed by atoms with Crippen LogP contribution in [0.25, 0.3) is 0 Å². The van der Waals surface area contributed by atoms with E-state index in [-0.39, 0.29) is 28.1 Å². The highest BCUT2D eigenvalue weighted by molar-refractivity contribution is 8.15. The number of non-ortho nitro benzene ring substituents is 2. The van der Waals surface area contributed by atoms with E-state index in [0.717, 1.165) is 11.8 Å². The van der Waals surface area contributed by atoms with E-state index in [9.17, 15) is 25.0 Å². The van der Waals surface area contributed by atoms with Crippen molar-refractivity contribution in [1.29, 1.82) is 5.41 Å². The summed E-state index contributed by atoms with van der Waals surface area (Å²) in [6.45, 7) is 0. The van der Waals surface area contributed by atoms with Crippen molar-refractivity contribution in [3.8, 4) is 0 Å². The normalized spacial score (nSPS) is 17.9. The lowest BCUT2D eigenvalue weighted by molar-refractivity contribution is -0.385. The molecule has 0 amide bonds. The molecule has 0 aliphatic carbocycles. The highest BCUT2D eigenvalue weighted by atomic mass is 32.2. The molecule has 1 N–H and O–H groups in total. The summed E-state index contributed by atoms with van der Waals surface area (Å²) in [4.78, 5) is 44.5. The van der Waals surface area contributed by atoms with E-state index < -0.39 is 26.9 Å². The molecule has 0 bridgehead atoms. The predicted molar refractivity (Wildman–Crippen MR) is 117 cm³/mol. The van der Waals surface area contributed by atoms with Crippen molar-refractivity contribution in [3.05, 3.63) is 98.3 Å². The van der Waals surface area contributed by atoms with Crippen molar-refractivity contribution in [2.75, 3.05) is 4.90 Å². The zero-order valence-corrected chi connectivity index (χ0v) is 17.0. The molecule has 32 heavy (non-hydrogen) atoms. The number of amidine groups is 1. The summed E-state index contributed by atoms with van der Waals surface area (Å²) in [5.41, 5.74) is 0.131. The van der Waals surface area contributed by atoms with Gasteiger partial charge in [0.25, 0.3) is 11.4 Å². The second kappa shape index (κ2) is 8.51. The zero-order valence-electron chi connectivity index (χ0n) is 16.2. The number of nitrogens with zero attached hydrogens (tertiary/aromatic N) is 5. The van der Waals surface area contributed by atoms with Gasteiger partial charge in [0.05, 0.1) is 15.9 Å². The Bertz CT molecular complexity index is 1240. The van der Waals surface area contributed by atoms with Crippen molar-refractivity contribution in [2.24, 2.45) is 0 Å². The van der Waals surface area contributed by atoms with Crippen LogP contribution in [-0.2, 0) is 0 Å². The second-order valence-corrected chi connectivity index (χ2v) is 7.86. The van der Waals surface area contributed by atoms with E-state index in [2.05, 4.69) is 9.97 Å². The van der Waals surface area contributed by atoms with Gasteiger partial charge in [-0.1, -0.05) is 36.0 Å². The molecule has 1 aliphatic heterocycles. The number of carbonyl (C=O) groups excluding carboxylic acids is 1. The Balaban J connectivity index is 1.82. The van der Waals surface area contributed by atoms with Crippen molar-refractivity contribution in [3.63, 3.8) is 0 Å². The number of hydrogen-bond acceptors (Lipinski definition) is 9. The average Bonchev–Trinajstić information content (AvgIpc) is 3.16. The fraction of sp³-hybridized carbons (Fsp3) is 0.100. The minimum absolute atomic E-state index is 0.0171. The maximum atomic E-state index is 13.4. The maximum absolute atomic E-state index is 13.4. The first-order chi connectivity index (χ1) is 15.4. The van der Waals surface area contributed by atoms with Gasteiger partial charge in [-0.05, 0) is 11.6 Å². The Labute approximate surface area is 184 Å². The van der Waals surface area contributed by atoms with Crippen molar-refractivity contribution in [1.82, 2.24) is 9.97 Å². The molecule has 0 spiro atoms. The third-order valence-corrected chi connectivity index (χ3v) is 5.96. The van der Waals surface area contributed by atoms with Crippen LogP contribution in [0, 0.1) is 25.6 Å². The van der Waals surface area contributed by atoms with Gasteiger partial charge in [-0.2, -0.15) is 0 Å². The van der Waals surface area contributed by atoms with Gasteiger partial charge in [0.2, 0.25) is 5.95 Å². The number of anilines is 1. The van der Waals surface area contributed by atoms with Crippen LogP contribution in [-0.4, -0.2) is 36.0 Å². The van der Waals surface area contributed by atoms with Crippen LogP contribution in [0.1, 0.15) is 22.0 Å². The number of nitro groups is 2. The van der Waals surface area contributed by atoms with Gasteiger partial charge < -0.3 is 0 Å². The molecule has 2 atom stereocenters. The minimum atomic E-state index is -0.907. The highest BCUT2D eigenvalue weighted by Gasteiger charge is 2.46. The summed E-state index contributed by atoms with van der Waals surface area (Å²) < 4.78 is 0. The molecule has 12 heteroatoms. The first kappa shape index (κ1) is 21.1. The lowest BCUT2D eigenvalue weighted by Gasteiger charge is -2.26. The van der Waals surface area contributed by atoms with Gasteiger partial charge in [-0.3, -0.25) is 35.3 Å². The van der Waals surface area contributed by atoms with E-state index >= 15 is 0 Å². The third kappa shape index (κ3) is 3.90. The number of Topliss-reactive ketones (excluding diaryl/α,β-unsaturated/α-hetero) is 1. The number of carbonyl (C=O) groups is 1. The van der Waals surface area contributed by atoms with Crippen molar-refractivity contribution < 1.29 is 14.6 Å². The van der Waals surface area contributed by atoms with Crippen LogP contribution < -0.4 is 4.90 Å². The van der Waals surface area contributed by atoms with E-state index in [0.29, 0.717) is 5.56 Å². The molecule has 11 nitrogen and oxygen atoms in total. The first-order valence-electron chi connectivity index (χ1n) is 9.21. The van der Waals surface area contributed by atoms with E-state index in [1.165, 1.54) is 59.8 Å². The quantitative estimate of drug-likeness (QED) is 0.335. The van der Waals surface area contributed by atoms with Crippen LogP contribution in [0.15, 0.2) is 67.0 Å². The highest BCUT2D eigenvalue weighted by Crippen LogP contribution is 2.44. The van der Waals surface area contributed by atoms with Gasteiger partial charge in [-0.25, -0.2) is 9.97 Å². The maximum Gasteiger partial charge on any atom is 0.270 e. The summed E-state index contributed by atoms with van der Waals surface area (Å²) in [6, 6.07) is 11.9. The molecular weight excluding hydrogens is 436 g/mol. The topological polar surface area (TPSA) is 156 Å². The smallest absolute Gasteiger partial charge is 0.270 e. The molecule has 1 fully saturated rings. The fourth-order valence-electron chi connectivity index (χ4n) is 3.41. The number of benzene rings is 2. The summed E-state index contributed by atoms with van der Waals surface area (Å²) in [5.74, 6) is -0.283. The molecular formula is C20H14N6O5S. The molecule has 1 aromatic heterocycles. The zero-order chi connectivity index (χ0) is 22.8. The Morgan fingerprint density at radius 2 is 1.59 bits per heavy atom. The number of nitrogens with one attached hydrogen (secondary N) is 1. The lowest BCUT2D eigenvalue weighted by atomic mass is 9.96. The second-order valence-electron chi connectivity index (χ2n) is 6.73. The Kier molecular flexibility index (Phi) is 5.60. The predicted octanol–water partition coefficient (Wildman–Crippen LogP) is 3.77. The molecule has 160 valence electrons. The standard InChI is InChI=1S/C20H14N6O5S/c21-19-24(20-22-8-3-9-23-20)16(12-4-1-6-14(10-12)25(28)29)18(32-19)17(27)13-5-2-7-15(11-13)26(30)31/h1-11,16,18,21H. The first-order valence-corrected chi connectivity index (χ1v) is 10.1. The van der Waals surface area contributed by atoms with Crippen LogP contribution in [0.3, 0.4) is 0 Å². The van der Waals surface area contributed by atoms with Crippen molar-refractivity contribution >= 4 is 40.0 Å². The summed E-state index contributed by atoms with van der Waals surface area (Å²) >= 11 is 0.943. The molecule has 2 aromatic carbocycles. The number of thioether (sulfide) groups is 1.